The van der Waals surface area contributed by atoms with Gasteiger partial charge in [0.15, 0.2) is 0 Å². The van der Waals surface area contributed by atoms with Gasteiger partial charge in [0, 0.05) is 30.9 Å². The van der Waals surface area contributed by atoms with Gasteiger partial charge in [-0.1, -0.05) is 5.16 Å². The van der Waals surface area contributed by atoms with E-state index in [4.69, 9.17) is 4.52 Å². The molecule has 24 heavy (non-hydrogen) atoms. The molecule has 9 heteroatoms. The zero-order valence-electron chi connectivity index (χ0n) is 13.3. The third-order valence-corrected chi connectivity index (χ3v) is 3.69. The Morgan fingerprint density at radius 1 is 1.29 bits per heavy atom. The van der Waals surface area contributed by atoms with E-state index in [0.29, 0.717) is 42.5 Å². The van der Waals surface area contributed by atoms with Crippen molar-refractivity contribution in [2.75, 3.05) is 0 Å². The highest BCUT2D eigenvalue weighted by atomic mass is 16.6. The van der Waals surface area contributed by atoms with Gasteiger partial charge in [0.25, 0.3) is 0 Å². The lowest BCUT2D eigenvalue weighted by Gasteiger charge is -2.01. The Morgan fingerprint density at radius 3 is 2.71 bits per heavy atom. The van der Waals surface area contributed by atoms with E-state index in [2.05, 4.69) is 20.2 Å². The summed E-state index contributed by atoms with van der Waals surface area (Å²) in [4.78, 5) is 18.9. The SMILES string of the molecule is Cc1nn(CCCc2nc(-c3ccncc3)no2)c(C)c1[N+](=O)[O-]. The molecule has 0 spiro atoms. The quantitative estimate of drug-likeness (QED) is 0.504. The third kappa shape index (κ3) is 3.14. The molecule has 0 fully saturated rings. The predicted octanol–water partition coefficient (Wildman–Crippen LogP) is 2.49. The molecule has 0 aliphatic heterocycles. The highest BCUT2D eigenvalue weighted by molar-refractivity contribution is 5.52. The lowest BCUT2D eigenvalue weighted by molar-refractivity contribution is -0.386. The summed E-state index contributed by atoms with van der Waals surface area (Å²) in [5.74, 6) is 1.05. The molecule has 3 heterocycles. The van der Waals surface area contributed by atoms with Crippen molar-refractivity contribution in [2.24, 2.45) is 0 Å². The standard InChI is InChI=1S/C15H16N6O3/c1-10-14(21(22)23)11(2)20(18-10)9-3-4-13-17-15(19-24-13)12-5-7-16-8-6-12/h5-8H,3-4,9H2,1-2H3. The van der Waals surface area contributed by atoms with Crippen LogP contribution >= 0.6 is 0 Å². The molecule has 0 saturated heterocycles. The van der Waals surface area contributed by atoms with Crippen LogP contribution in [0.2, 0.25) is 0 Å². The molecule has 0 amide bonds. The monoisotopic (exact) mass is 328 g/mol. The first-order valence-electron chi connectivity index (χ1n) is 7.47. The maximum absolute atomic E-state index is 11.0. The minimum absolute atomic E-state index is 0.0766. The number of hydrogen-bond donors (Lipinski definition) is 0. The molecular formula is C15H16N6O3. The molecule has 3 aromatic rings. The van der Waals surface area contributed by atoms with Gasteiger partial charge < -0.3 is 4.52 Å². The molecule has 0 atom stereocenters. The maximum Gasteiger partial charge on any atom is 0.312 e. The zero-order chi connectivity index (χ0) is 17.1. The second-order valence-electron chi connectivity index (χ2n) is 5.35. The first-order chi connectivity index (χ1) is 11.6. The molecule has 124 valence electrons. The van der Waals surface area contributed by atoms with Gasteiger partial charge in [-0.15, -0.1) is 0 Å². The average molecular weight is 328 g/mol. The van der Waals surface area contributed by atoms with Crippen LogP contribution in [0.5, 0.6) is 0 Å². The van der Waals surface area contributed by atoms with E-state index in [0.717, 1.165) is 5.56 Å². The van der Waals surface area contributed by atoms with Crippen LogP contribution in [0.1, 0.15) is 23.7 Å². The topological polar surface area (TPSA) is 113 Å². The van der Waals surface area contributed by atoms with Crippen LogP contribution in [0.4, 0.5) is 5.69 Å². The highest BCUT2D eigenvalue weighted by Gasteiger charge is 2.21. The van der Waals surface area contributed by atoms with Crippen LogP contribution in [0, 0.1) is 24.0 Å². The van der Waals surface area contributed by atoms with E-state index in [9.17, 15) is 10.1 Å². The molecule has 0 aromatic carbocycles. The number of rotatable bonds is 6. The lowest BCUT2D eigenvalue weighted by Crippen LogP contribution is -2.04. The Balaban J connectivity index is 1.63. The van der Waals surface area contributed by atoms with Crippen molar-refractivity contribution in [1.82, 2.24) is 24.9 Å². The molecule has 0 aliphatic rings. The van der Waals surface area contributed by atoms with Crippen LogP contribution in [0.3, 0.4) is 0 Å². The fourth-order valence-electron chi connectivity index (χ4n) is 2.52. The van der Waals surface area contributed by atoms with E-state index >= 15 is 0 Å². The van der Waals surface area contributed by atoms with Crippen molar-refractivity contribution in [3.8, 4) is 11.4 Å². The van der Waals surface area contributed by atoms with Crippen molar-refractivity contribution >= 4 is 5.69 Å². The maximum atomic E-state index is 11.0. The van der Waals surface area contributed by atoms with Crippen LogP contribution in [0.15, 0.2) is 29.0 Å². The van der Waals surface area contributed by atoms with Gasteiger partial charge in [0.05, 0.1) is 4.92 Å². The van der Waals surface area contributed by atoms with Gasteiger partial charge in [-0.2, -0.15) is 10.1 Å². The zero-order valence-corrected chi connectivity index (χ0v) is 13.3. The van der Waals surface area contributed by atoms with Crippen molar-refractivity contribution in [3.05, 3.63) is 51.9 Å². The molecule has 0 saturated carbocycles. The molecule has 3 aromatic heterocycles. The summed E-state index contributed by atoms with van der Waals surface area (Å²) >= 11 is 0. The molecule has 0 N–H and O–H groups in total. The van der Waals surface area contributed by atoms with E-state index in [1.54, 1.807) is 30.9 Å². The van der Waals surface area contributed by atoms with E-state index in [1.165, 1.54) is 0 Å². The summed E-state index contributed by atoms with van der Waals surface area (Å²) in [6.45, 7) is 3.89. The highest BCUT2D eigenvalue weighted by Crippen LogP contribution is 2.22. The van der Waals surface area contributed by atoms with Crippen molar-refractivity contribution in [2.45, 2.75) is 33.2 Å². The second kappa shape index (κ2) is 6.57. The van der Waals surface area contributed by atoms with Crippen molar-refractivity contribution < 1.29 is 9.45 Å². The van der Waals surface area contributed by atoms with Gasteiger partial charge >= 0.3 is 5.69 Å². The number of aryl methyl sites for hydroxylation is 3. The summed E-state index contributed by atoms with van der Waals surface area (Å²) in [5, 5.41) is 19.2. The molecule has 9 nitrogen and oxygen atoms in total. The second-order valence-corrected chi connectivity index (χ2v) is 5.35. The van der Waals surface area contributed by atoms with Crippen LogP contribution < -0.4 is 0 Å². The van der Waals surface area contributed by atoms with Gasteiger partial charge in [-0.3, -0.25) is 19.8 Å². The Hall–Kier alpha value is -3.10. The largest absolute Gasteiger partial charge is 0.339 e. The fourth-order valence-corrected chi connectivity index (χ4v) is 2.52. The van der Waals surface area contributed by atoms with Crippen molar-refractivity contribution in [3.63, 3.8) is 0 Å². The Morgan fingerprint density at radius 2 is 2.04 bits per heavy atom. The normalized spacial score (nSPS) is 10.9. The summed E-state index contributed by atoms with van der Waals surface area (Å²) < 4.78 is 6.88. The van der Waals surface area contributed by atoms with Crippen LogP contribution in [-0.2, 0) is 13.0 Å². The predicted molar refractivity (Wildman–Crippen MR) is 84.2 cm³/mol. The molecule has 0 bridgehead atoms. The van der Waals surface area contributed by atoms with E-state index in [-0.39, 0.29) is 5.69 Å². The number of nitro groups is 1. The Labute approximate surface area is 137 Å². The Kier molecular flexibility index (Phi) is 4.32. The van der Waals surface area contributed by atoms with Gasteiger partial charge in [-0.05, 0) is 32.4 Å². The van der Waals surface area contributed by atoms with Gasteiger partial charge in [-0.25, -0.2) is 0 Å². The van der Waals surface area contributed by atoms with Gasteiger partial charge in [0.1, 0.15) is 11.4 Å². The summed E-state index contributed by atoms with van der Waals surface area (Å²) in [6.07, 6.45) is 4.60. The first kappa shape index (κ1) is 15.8. The third-order valence-electron chi connectivity index (χ3n) is 3.69. The molecular weight excluding hydrogens is 312 g/mol. The number of hydrogen-bond acceptors (Lipinski definition) is 7. The number of nitrogens with zero attached hydrogens (tertiary/aromatic N) is 6. The smallest absolute Gasteiger partial charge is 0.312 e. The lowest BCUT2D eigenvalue weighted by atomic mass is 10.2. The minimum Gasteiger partial charge on any atom is -0.339 e. The molecule has 3 rings (SSSR count). The van der Waals surface area contributed by atoms with E-state index in [1.807, 2.05) is 12.1 Å². The number of aromatic nitrogens is 5. The van der Waals surface area contributed by atoms with E-state index < -0.39 is 4.92 Å². The van der Waals surface area contributed by atoms with Gasteiger partial charge in [0.2, 0.25) is 11.7 Å². The fraction of sp³-hybridized carbons (Fsp3) is 0.333. The van der Waals surface area contributed by atoms with Crippen LogP contribution in [-0.4, -0.2) is 29.8 Å². The summed E-state index contributed by atoms with van der Waals surface area (Å²) in [5.41, 5.74) is 1.90. The molecule has 0 unspecified atom stereocenters. The minimum atomic E-state index is -0.396. The average Bonchev–Trinajstić information content (AvgIpc) is 3.13. The summed E-state index contributed by atoms with van der Waals surface area (Å²) in [6, 6.07) is 3.62. The van der Waals surface area contributed by atoms with Crippen molar-refractivity contribution in [1.29, 1.82) is 0 Å². The number of pyridine rings is 1. The Bertz CT molecular complexity index is 855. The molecule has 0 aliphatic carbocycles. The molecule has 0 radical (unpaired) electrons. The van der Waals surface area contributed by atoms with Crippen LogP contribution in [0.25, 0.3) is 11.4 Å². The first-order valence-corrected chi connectivity index (χ1v) is 7.47. The summed E-state index contributed by atoms with van der Waals surface area (Å²) in [7, 11) is 0.